The van der Waals surface area contributed by atoms with Crippen molar-refractivity contribution < 1.29 is 9.84 Å². The van der Waals surface area contributed by atoms with E-state index < -0.39 is 0 Å². The van der Waals surface area contributed by atoms with Crippen LogP contribution in [0.25, 0.3) is 0 Å². The molecule has 1 aliphatic carbocycles. The monoisotopic (exact) mass is 226 g/mol. The molecule has 3 heteroatoms. The van der Waals surface area contributed by atoms with E-state index in [0.717, 1.165) is 24.2 Å². The Bertz CT molecular complexity index is 347. The highest BCUT2D eigenvalue weighted by Gasteiger charge is 2.24. The molecule has 15 heavy (non-hydrogen) atoms. The van der Waals surface area contributed by atoms with Gasteiger partial charge in [0.05, 0.1) is 11.1 Å². The maximum Gasteiger partial charge on any atom is 0.138 e. The lowest BCUT2D eigenvalue weighted by Gasteiger charge is -2.11. The summed E-state index contributed by atoms with van der Waals surface area (Å²) in [5.74, 6) is 0.880. The number of rotatable bonds is 4. The van der Waals surface area contributed by atoms with Gasteiger partial charge in [-0.05, 0) is 30.5 Å². The quantitative estimate of drug-likeness (QED) is 0.856. The van der Waals surface area contributed by atoms with Crippen LogP contribution in [0.5, 0.6) is 5.75 Å². The van der Waals surface area contributed by atoms with Crippen molar-refractivity contribution in [2.24, 2.45) is 0 Å². The van der Waals surface area contributed by atoms with E-state index in [1.165, 1.54) is 0 Å². The van der Waals surface area contributed by atoms with E-state index in [9.17, 15) is 0 Å². The van der Waals surface area contributed by atoms with Gasteiger partial charge in [-0.3, -0.25) is 0 Å². The second-order valence-electron chi connectivity index (χ2n) is 4.09. The van der Waals surface area contributed by atoms with Gasteiger partial charge in [-0.25, -0.2) is 0 Å². The van der Waals surface area contributed by atoms with Crippen molar-refractivity contribution in [1.82, 2.24) is 0 Å². The molecule has 2 nitrogen and oxygen atoms in total. The Balaban J connectivity index is 2.13. The van der Waals surface area contributed by atoms with Crippen LogP contribution in [0.15, 0.2) is 18.2 Å². The molecule has 2 rings (SSSR count). The van der Waals surface area contributed by atoms with Crippen molar-refractivity contribution in [3.63, 3.8) is 0 Å². The first-order chi connectivity index (χ1) is 7.20. The molecule has 1 aromatic carbocycles. The fraction of sp³-hybridized carbons (Fsp3) is 0.500. The molecule has 1 fully saturated rings. The van der Waals surface area contributed by atoms with Crippen LogP contribution in [-0.2, 0) is 0 Å². The van der Waals surface area contributed by atoms with E-state index >= 15 is 0 Å². The van der Waals surface area contributed by atoms with Crippen LogP contribution in [-0.4, -0.2) is 17.8 Å². The first-order valence-corrected chi connectivity index (χ1v) is 5.65. The van der Waals surface area contributed by atoms with Crippen LogP contribution < -0.4 is 4.74 Å². The summed E-state index contributed by atoms with van der Waals surface area (Å²) in [6.07, 6.45) is 2.62. The molecule has 0 bridgehead atoms. The number of ether oxygens (including phenoxy) is 1. The minimum absolute atomic E-state index is 0.123. The molecule has 1 saturated carbocycles. The molecular weight excluding hydrogens is 212 g/mol. The molecule has 1 aromatic rings. The number of benzene rings is 1. The third kappa shape index (κ3) is 2.64. The summed E-state index contributed by atoms with van der Waals surface area (Å²) in [5.41, 5.74) is 1.05. The molecule has 82 valence electrons. The molecule has 0 saturated heterocycles. The second kappa shape index (κ2) is 4.42. The zero-order valence-electron chi connectivity index (χ0n) is 8.74. The highest BCUT2D eigenvalue weighted by Crippen LogP contribution is 2.33. The predicted molar refractivity (Wildman–Crippen MR) is 60.6 cm³/mol. The summed E-state index contributed by atoms with van der Waals surface area (Å²) in [7, 11) is 0. The third-order valence-corrected chi connectivity index (χ3v) is 2.91. The minimum atomic E-state index is 0.123. The van der Waals surface area contributed by atoms with Crippen molar-refractivity contribution in [3.8, 4) is 5.75 Å². The molecule has 0 aromatic heterocycles. The Morgan fingerprint density at radius 1 is 1.53 bits per heavy atom. The zero-order chi connectivity index (χ0) is 10.8. The Hall–Kier alpha value is -0.730. The lowest BCUT2D eigenvalue weighted by Crippen LogP contribution is -2.00. The van der Waals surface area contributed by atoms with Crippen LogP contribution in [0.1, 0.15) is 31.2 Å². The van der Waals surface area contributed by atoms with Gasteiger partial charge in [-0.15, -0.1) is 0 Å². The summed E-state index contributed by atoms with van der Waals surface area (Å²) in [4.78, 5) is 0. The van der Waals surface area contributed by atoms with E-state index in [0.29, 0.717) is 11.1 Å². The number of aliphatic hydroxyl groups is 1. The van der Waals surface area contributed by atoms with Crippen LogP contribution in [0.4, 0.5) is 0 Å². The van der Waals surface area contributed by atoms with E-state index in [1.54, 1.807) is 0 Å². The number of halogens is 1. The van der Waals surface area contributed by atoms with E-state index in [2.05, 4.69) is 0 Å². The van der Waals surface area contributed by atoms with Crippen LogP contribution in [0, 0.1) is 0 Å². The Morgan fingerprint density at radius 3 is 2.80 bits per heavy atom. The van der Waals surface area contributed by atoms with Gasteiger partial charge in [-0.2, -0.15) is 0 Å². The molecule has 1 aliphatic rings. The van der Waals surface area contributed by atoms with Gasteiger partial charge >= 0.3 is 0 Å². The summed E-state index contributed by atoms with van der Waals surface area (Å²) in [5, 5.41) is 9.67. The molecule has 0 amide bonds. The van der Waals surface area contributed by atoms with Crippen molar-refractivity contribution in [2.45, 2.75) is 31.8 Å². The first kappa shape index (κ1) is 10.8. The average Bonchev–Trinajstić information content (AvgIpc) is 3.04. The van der Waals surface area contributed by atoms with Crippen molar-refractivity contribution in [2.75, 3.05) is 6.61 Å². The van der Waals surface area contributed by atoms with Gasteiger partial charge in [0.15, 0.2) is 0 Å². The van der Waals surface area contributed by atoms with Crippen LogP contribution >= 0.6 is 11.6 Å². The Labute approximate surface area is 94.8 Å². The predicted octanol–water partition coefficient (Wildman–Crippen LogP) is 2.98. The van der Waals surface area contributed by atoms with E-state index in [1.807, 2.05) is 25.1 Å². The maximum absolute atomic E-state index is 9.03. The number of aliphatic hydroxyl groups excluding tert-OH is 1. The lowest BCUT2D eigenvalue weighted by molar-refractivity contribution is 0.272. The molecule has 0 radical (unpaired) electrons. The van der Waals surface area contributed by atoms with Crippen LogP contribution in [0.2, 0.25) is 5.02 Å². The third-order valence-electron chi connectivity index (χ3n) is 2.62. The standard InChI is InChI=1S/C12H15ClO2/c1-8(7-14)9-2-5-12(11(13)6-9)15-10-3-4-10/h2,5-6,8,10,14H,3-4,7H2,1H3. The average molecular weight is 227 g/mol. The number of hydrogen-bond acceptors (Lipinski definition) is 2. The van der Waals surface area contributed by atoms with Crippen molar-refractivity contribution in [1.29, 1.82) is 0 Å². The topological polar surface area (TPSA) is 29.5 Å². The Kier molecular flexibility index (Phi) is 3.17. The SMILES string of the molecule is CC(CO)c1ccc(OC2CC2)c(Cl)c1. The second-order valence-corrected chi connectivity index (χ2v) is 4.50. The lowest BCUT2D eigenvalue weighted by atomic mass is 10.0. The van der Waals surface area contributed by atoms with Crippen LogP contribution in [0.3, 0.4) is 0 Å². The maximum atomic E-state index is 9.03. The molecule has 1 unspecified atom stereocenters. The molecular formula is C12H15ClO2. The summed E-state index contributed by atoms with van der Waals surface area (Å²) < 4.78 is 5.63. The molecule has 1 atom stereocenters. The van der Waals surface area contributed by atoms with Gasteiger partial charge in [0, 0.05) is 12.5 Å². The van der Waals surface area contributed by atoms with Crippen molar-refractivity contribution in [3.05, 3.63) is 28.8 Å². The fourth-order valence-electron chi connectivity index (χ4n) is 1.39. The largest absolute Gasteiger partial charge is 0.489 e. The summed E-state index contributed by atoms with van der Waals surface area (Å²) in [6.45, 7) is 2.10. The van der Waals surface area contributed by atoms with Crippen molar-refractivity contribution >= 4 is 11.6 Å². The summed E-state index contributed by atoms with van der Waals surface area (Å²) >= 11 is 6.10. The molecule has 0 aliphatic heterocycles. The molecule has 1 N–H and O–H groups in total. The summed E-state index contributed by atoms with van der Waals surface area (Å²) in [6, 6.07) is 5.73. The van der Waals surface area contributed by atoms with E-state index in [4.69, 9.17) is 21.4 Å². The fourth-order valence-corrected chi connectivity index (χ4v) is 1.62. The molecule has 0 spiro atoms. The normalized spacial score (nSPS) is 17.5. The highest BCUT2D eigenvalue weighted by atomic mass is 35.5. The smallest absolute Gasteiger partial charge is 0.138 e. The van der Waals surface area contributed by atoms with Gasteiger partial charge in [-0.1, -0.05) is 24.6 Å². The zero-order valence-corrected chi connectivity index (χ0v) is 9.50. The van der Waals surface area contributed by atoms with Gasteiger partial charge in [0.25, 0.3) is 0 Å². The Morgan fingerprint density at radius 2 is 2.27 bits per heavy atom. The van der Waals surface area contributed by atoms with E-state index in [-0.39, 0.29) is 12.5 Å². The van der Waals surface area contributed by atoms with Gasteiger partial charge in [0.1, 0.15) is 5.75 Å². The number of hydrogen-bond donors (Lipinski definition) is 1. The van der Waals surface area contributed by atoms with Gasteiger partial charge < -0.3 is 9.84 Å². The minimum Gasteiger partial charge on any atom is -0.489 e. The van der Waals surface area contributed by atoms with Gasteiger partial charge in [0.2, 0.25) is 0 Å². The first-order valence-electron chi connectivity index (χ1n) is 5.27. The molecule has 0 heterocycles. The highest BCUT2D eigenvalue weighted by molar-refractivity contribution is 6.32.